The molecule has 0 unspecified atom stereocenters. The molecule has 0 heterocycles. The molecule has 1 amide bonds. The van der Waals surface area contributed by atoms with Crippen LogP contribution in [0.5, 0.6) is 0 Å². The molecule has 7 heteroatoms. The maximum atomic E-state index is 11.9. The van der Waals surface area contributed by atoms with Crippen LogP contribution >= 0.6 is 0 Å². The third kappa shape index (κ3) is 21.2. The fourth-order valence-corrected chi connectivity index (χ4v) is 4.08. The van der Waals surface area contributed by atoms with Crippen molar-refractivity contribution in [1.82, 2.24) is 0 Å². The average Bonchev–Trinajstić information content (AvgIpc) is 2.77. The van der Waals surface area contributed by atoms with Crippen LogP contribution in [0, 0.1) is 0 Å². The standard InChI is InChI=1S/C22H38O3S.C3H5NO.Na.H/c1-2-3-4-5-6-7-8-9-10-11-12-13-14-18-21-25-26(23,24)22-19-16-15-17-20-22;1-2-3(4)5;;/h15-17,19-20H,2-14,18,21H2,1H3;2H,1H2,(H2,4,5);;/q;;+1;-1. The third-order valence-corrected chi connectivity index (χ3v) is 6.30. The van der Waals surface area contributed by atoms with E-state index in [4.69, 9.17) is 4.18 Å². The van der Waals surface area contributed by atoms with E-state index >= 15 is 0 Å². The Balaban J connectivity index is -0.00000116. The molecule has 0 fully saturated rings. The summed E-state index contributed by atoms with van der Waals surface area (Å²) in [4.78, 5) is 9.71. The molecule has 0 radical (unpaired) electrons. The van der Waals surface area contributed by atoms with E-state index < -0.39 is 16.0 Å². The predicted molar refractivity (Wildman–Crippen MR) is 130 cm³/mol. The van der Waals surface area contributed by atoms with Crippen LogP contribution in [0.1, 0.15) is 98.2 Å². The van der Waals surface area contributed by atoms with Crippen molar-refractivity contribution in [2.45, 2.75) is 102 Å². The topological polar surface area (TPSA) is 86.5 Å². The van der Waals surface area contributed by atoms with E-state index in [0.29, 0.717) is 0 Å². The maximum absolute atomic E-state index is 11.9. The Hall–Kier alpha value is -0.660. The molecule has 0 spiro atoms. The summed E-state index contributed by atoms with van der Waals surface area (Å²) in [5, 5.41) is 0. The van der Waals surface area contributed by atoms with E-state index in [2.05, 4.69) is 19.2 Å². The summed E-state index contributed by atoms with van der Waals surface area (Å²) in [7, 11) is -3.58. The van der Waals surface area contributed by atoms with E-state index in [9.17, 15) is 13.2 Å². The van der Waals surface area contributed by atoms with Gasteiger partial charge in [-0.3, -0.25) is 8.98 Å². The molecule has 32 heavy (non-hydrogen) atoms. The molecule has 0 aromatic heterocycles. The molecule has 2 N–H and O–H groups in total. The van der Waals surface area contributed by atoms with Gasteiger partial charge in [-0.1, -0.05) is 115 Å². The van der Waals surface area contributed by atoms with Gasteiger partial charge in [0.15, 0.2) is 0 Å². The van der Waals surface area contributed by atoms with Crippen LogP contribution < -0.4 is 35.3 Å². The number of nitrogens with two attached hydrogens (primary N) is 1. The quantitative estimate of drug-likeness (QED) is 0.151. The van der Waals surface area contributed by atoms with E-state index in [1.165, 1.54) is 77.0 Å². The number of amides is 1. The van der Waals surface area contributed by atoms with Crippen molar-refractivity contribution in [3.63, 3.8) is 0 Å². The first-order valence-electron chi connectivity index (χ1n) is 11.8. The number of rotatable bonds is 18. The smallest absolute Gasteiger partial charge is 1.00 e. The molecule has 0 saturated heterocycles. The van der Waals surface area contributed by atoms with Gasteiger partial charge in [-0.05, 0) is 24.6 Å². The van der Waals surface area contributed by atoms with Gasteiger partial charge in [-0.25, -0.2) is 0 Å². The van der Waals surface area contributed by atoms with Crippen LogP contribution in [0.2, 0.25) is 0 Å². The largest absolute Gasteiger partial charge is 1.00 e. The van der Waals surface area contributed by atoms with Gasteiger partial charge in [0.05, 0.1) is 11.5 Å². The Bertz CT molecular complexity index is 672. The number of benzene rings is 1. The molecule has 0 aliphatic rings. The zero-order chi connectivity index (χ0) is 23.2. The van der Waals surface area contributed by atoms with Gasteiger partial charge in [0.25, 0.3) is 10.1 Å². The SMILES string of the molecule is C=CC(N)=O.CCCCCCCCCCCCCCCCOS(=O)(=O)c1ccccc1.[H-].[Na+]. The van der Waals surface area contributed by atoms with E-state index in [1.54, 1.807) is 30.3 Å². The zero-order valence-electron chi connectivity index (χ0n) is 21.4. The number of hydrogen-bond donors (Lipinski definition) is 1. The molecule has 180 valence electrons. The summed E-state index contributed by atoms with van der Waals surface area (Å²) in [6.07, 6.45) is 19.1. The third-order valence-electron chi connectivity index (χ3n) is 4.97. The van der Waals surface area contributed by atoms with Gasteiger partial charge >= 0.3 is 29.6 Å². The van der Waals surface area contributed by atoms with Gasteiger partial charge in [0.2, 0.25) is 5.91 Å². The Labute approximate surface area is 220 Å². The van der Waals surface area contributed by atoms with Crippen LogP contribution in [-0.4, -0.2) is 20.9 Å². The van der Waals surface area contributed by atoms with Crippen LogP contribution in [0.4, 0.5) is 0 Å². The molecule has 1 rings (SSSR count). The monoisotopic (exact) mass is 477 g/mol. The first kappa shape index (κ1) is 33.5. The van der Waals surface area contributed by atoms with E-state index in [0.717, 1.165) is 18.9 Å². The second-order valence-electron chi connectivity index (χ2n) is 7.79. The van der Waals surface area contributed by atoms with Crippen LogP contribution in [0.3, 0.4) is 0 Å². The predicted octanol–water partition coefficient (Wildman–Crippen LogP) is 3.65. The van der Waals surface area contributed by atoms with Gasteiger partial charge in [-0.15, -0.1) is 0 Å². The van der Waals surface area contributed by atoms with Crippen LogP contribution in [-0.2, 0) is 19.1 Å². The molecule has 1 aromatic rings. The minimum Gasteiger partial charge on any atom is -1.00 e. The van der Waals surface area contributed by atoms with Crippen molar-refractivity contribution in [3.8, 4) is 0 Å². The first-order chi connectivity index (χ1) is 14.9. The van der Waals surface area contributed by atoms with Gasteiger partial charge in [0, 0.05) is 0 Å². The summed E-state index contributed by atoms with van der Waals surface area (Å²) in [5.74, 6) is -0.481. The average molecular weight is 478 g/mol. The Morgan fingerprint density at radius 1 is 0.875 bits per heavy atom. The van der Waals surface area contributed by atoms with Crippen molar-refractivity contribution in [1.29, 1.82) is 0 Å². The van der Waals surface area contributed by atoms with Gasteiger partial charge in [0.1, 0.15) is 0 Å². The molecule has 0 atom stereocenters. The zero-order valence-corrected chi connectivity index (χ0v) is 23.2. The second-order valence-corrected chi connectivity index (χ2v) is 9.41. The van der Waals surface area contributed by atoms with Crippen LogP contribution in [0.25, 0.3) is 0 Å². The number of hydrogen-bond acceptors (Lipinski definition) is 4. The van der Waals surface area contributed by atoms with Gasteiger partial charge < -0.3 is 7.16 Å². The Morgan fingerprint density at radius 2 is 1.25 bits per heavy atom. The fraction of sp³-hybridized carbons (Fsp3) is 0.640. The van der Waals surface area contributed by atoms with Crippen molar-refractivity contribution in [2.24, 2.45) is 5.73 Å². The Morgan fingerprint density at radius 3 is 1.62 bits per heavy atom. The minimum absolute atomic E-state index is 0. The number of carbonyl (C=O) groups is 1. The number of primary amides is 1. The van der Waals surface area contributed by atoms with E-state index in [-0.39, 0.29) is 42.5 Å². The summed E-state index contributed by atoms with van der Waals surface area (Å²) in [5.41, 5.74) is 4.53. The molecule has 0 aliphatic carbocycles. The second kappa shape index (κ2) is 23.5. The normalized spacial score (nSPS) is 10.5. The minimum atomic E-state index is -3.58. The number of carbonyl (C=O) groups excluding carboxylic acids is 1. The van der Waals surface area contributed by atoms with Crippen molar-refractivity contribution in [2.75, 3.05) is 6.61 Å². The van der Waals surface area contributed by atoms with Crippen LogP contribution in [0.15, 0.2) is 47.9 Å². The molecule has 0 aliphatic heterocycles. The van der Waals surface area contributed by atoms with E-state index in [1.807, 2.05) is 0 Å². The van der Waals surface area contributed by atoms with Crippen molar-refractivity contribution >= 4 is 16.0 Å². The maximum Gasteiger partial charge on any atom is 1.00 e. The first-order valence-corrected chi connectivity index (χ1v) is 13.2. The van der Waals surface area contributed by atoms with Crippen molar-refractivity contribution < 1.29 is 48.4 Å². The summed E-state index contributed by atoms with van der Waals surface area (Å²) in [6, 6.07) is 8.36. The molecule has 1 aromatic carbocycles. The fourth-order valence-electron chi connectivity index (χ4n) is 3.12. The molecule has 5 nitrogen and oxygen atoms in total. The molecular formula is C25H44NNaO4S. The molecular weight excluding hydrogens is 433 g/mol. The molecule has 0 bridgehead atoms. The summed E-state index contributed by atoms with van der Waals surface area (Å²) in [6.45, 7) is 5.64. The number of unbranched alkanes of at least 4 members (excludes halogenated alkanes) is 13. The Kier molecular flexibility index (Phi) is 24.6. The van der Waals surface area contributed by atoms with Gasteiger partial charge in [-0.2, -0.15) is 8.42 Å². The molecule has 0 saturated carbocycles. The summed E-state index contributed by atoms with van der Waals surface area (Å²) < 4.78 is 29.0. The van der Waals surface area contributed by atoms with Crippen molar-refractivity contribution in [3.05, 3.63) is 43.0 Å². The summed E-state index contributed by atoms with van der Waals surface area (Å²) >= 11 is 0.